The second-order valence-corrected chi connectivity index (χ2v) is 6.21. The van der Waals surface area contributed by atoms with Crippen molar-refractivity contribution >= 4 is 22.4 Å². The van der Waals surface area contributed by atoms with E-state index in [1.165, 1.54) is 0 Å². The fraction of sp³-hybridized carbons (Fsp3) is 0.467. The number of hydrogen-bond acceptors (Lipinski definition) is 6. The van der Waals surface area contributed by atoms with Crippen LogP contribution in [0.2, 0.25) is 5.15 Å². The summed E-state index contributed by atoms with van der Waals surface area (Å²) in [5.74, 6) is 0.491. The summed E-state index contributed by atoms with van der Waals surface area (Å²) >= 11 is 6.07. The largest absolute Gasteiger partial charge is 0.471 e. The maximum atomic E-state index is 8.94. The van der Waals surface area contributed by atoms with Gasteiger partial charge in [-0.05, 0) is 29.5 Å². The minimum absolute atomic E-state index is 0.0877. The Kier molecular flexibility index (Phi) is 4.73. The molecule has 0 bridgehead atoms. The van der Waals surface area contributed by atoms with E-state index in [2.05, 4.69) is 25.3 Å². The Balaban J connectivity index is 2.16. The lowest BCUT2D eigenvalue weighted by Gasteiger charge is -2.29. The number of nitrogens with zero attached hydrogens (tertiary/aromatic N) is 5. The van der Waals surface area contributed by atoms with Crippen LogP contribution in [0, 0.1) is 0 Å². The van der Waals surface area contributed by atoms with E-state index >= 15 is 0 Å². The van der Waals surface area contributed by atoms with Crippen LogP contribution in [0.5, 0.6) is 5.88 Å². The fourth-order valence-corrected chi connectivity index (χ4v) is 2.81. The summed E-state index contributed by atoms with van der Waals surface area (Å²) in [6.45, 7) is 3.57. The Morgan fingerprint density at radius 3 is 2.83 bits per heavy atom. The molecule has 8 nitrogen and oxygen atoms in total. The predicted molar refractivity (Wildman–Crippen MR) is 90.2 cm³/mol. The molecule has 126 valence electrons. The van der Waals surface area contributed by atoms with Crippen LogP contribution in [0.15, 0.2) is 23.6 Å². The number of aromatic nitrogens is 2. The van der Waals surface area contributed by atoms with E-state index in [-0.39, 0.29) is 12.7 Å². The third-order valence-corrected chi connectivity index (χ3v) is 4.20. The van der Waals surface area contributed by atoms with Crippen LogP contribution >= 0.6 is 11.6 Å². The summed E-state index contributed by atoms with van der Waals surface area (Å²) in [7, 11) is 1.55. The first kappa shape index (κ1) is 16.7. The van der Waals surface area contributed by atoms with Gasteiger partial charge in [-0.25, -0.2) is 9.97 Å². The zero-order valence-corrected chi connectivity index (χ0v) is 14.1. The van der Waals surface area contributed by atoms with Crippen molar-refractivity contribution < 1.29 is 9.47 Å². The van der Waals surface area contributed by atoms with Crippen molar-refractivity contribution in [2.45, 2.75) is 18.6 Å². The number of hydrogen-bond donors (Lipinski definition) is 1. The molecule has 2 aromatic rings. The van der Waals surface area contributed by atoms with Crippen molar-refractivity contribution in [3.63, 3.8) is 0 Å². The molecule has 9 heteroatoms. The highest BCUT2D eigenvalue weighted by atomic mass is 35.5. The molecule has 0 spiro atoms. The van der Waals surface area contributed by atoms with Gasteiger partial charge >= 0.3 is 0 Å². The molecule has 1 fully saturated rings. The molecule has 1 aliphatic heterocycles. The molecule has 0 saturated carbocycles. The van der Waals surface area contributed by atoms with Gasteiger partial charge in [-0.15, -0.1) is 0 Å². The average Bonchev–Trinajstić information content (AvgIpc) is 2.50. The molecule has 0 amide bonds. The lowest BCUT2D eigenvalue weighted by Crippen LogP contribution is -2.50. The molecule has 24 heavy (non-hydrogen) atoms. The number of pyridine rings is 2. The topological polar surface area (TPSA) is 105 Å². The highest BCUT2D eigenvalue weighted by Crippen LogP contribution is 2.36. The molecule has 1 saturated heterocycles. The number of ether oxygens (including phenoxy) is 2. The third kappa shape index (κ3) is 3.09. The summed E-state index contributed by atoms with van der Waals surface area (Å²) in [4.78, 5) is 11.5. The molecule has 0 unspecified atom stereocenters. The van der Waals surface area contributed by atoms with Crippen LogP contribution in [-0.2, 0) is 10.3 Å². The summed E-state index contributed by atoms with van der Waals surface area (Å²) in [5.41, 5.74) is 8.73. The molecule has 3 heterocycles. The Morgan fingerprint density at radius 1 is 1.42 bits per heavy atom. The molecular weight excluding hydrogens is 332 g/mol. The van der Waals surface area contributed by atoms with Crippen molar-refractivity contribution in [3.05, 3.63) is 39.6 Å². The highest BCUT2D eigenvalue weighted by Gasteiger charge is 2.30. The summed E-state index contributed by atoms with van der Waals surface area (Å²) < 4.78 is 11.1. The highest BCUT2D eigenvalue weighted by molar-refractivity contribution is 6.30. The van der Waals surface area contributed by atoms with Crippen molar-refractivity contribution in [2.75, 3.05) is 26.8 Å². The first-order chi connectivity index (χ1) is 11.6. The van der Waals surface area contributed by atoms with Crippen molar-refractivity contribution in [1.82, 2.24) is 15.3 Å². The van der Waals surface area contributed by atoms with Gasteiger partial charge in [0.2, 0.25) is 5.88 Å². The first-order valence-electron chi connectivity index (χ1n) is 7.44. The second kappa shape index (κ2) is 6.78. The summed E-state index contributed by atoms with van der Waals surface area (Å²) in [6.07, 6.45) is 3.36. The van der Waals surface area contributed by atoms with E-state index in [9.17, 15) is 0 Å². The van der Waals surface area contributed by atoms with E-state index in [4.69, 9.17) is 26.6 Å². The van der Waals surface area contributed by atoms with Gasteiger partial charge < -0.3 is 14.8 Å². The molecule has 0 radical (unpaired) electrons. The van der Waals surface area contributed by atoms with Gasteiger partial charge in [0.1, 0.15) is 11.3 Å². The van der Waals surface area contributed by atoms with E-state index in [0.717, 1.165) is 23.9 Å². The molecule has 0 aliphatic carbocycles. The van der Waals surface area contributed by atoms with Gasteiger partial charge in [0, 0.05) is 37.5 Å². The number of halogens is 1. The van der Waals surface area contributed by atoms with Crippen molar-refractivity contribution in [1.29, 1.82) is 0 Å². The summed E-state index contributed by atoms with van der Waals surface area (Å²) in [5, 5.41) is 8.90. The maximum Gasteiger partial charge on any atom is 0.223 e. The van der Waals surface area contributed by atoms with E-state index < -0.39 is 5.54 Å². The zero-order chi connectivity index (χ0) is 17.2. The zero-order valence-electron chi connectivity index (χ0n) is 13.4. The first-order valence-corrected chi connectivity index (χ1v) is 7.82. The lowest BCUT2D eigenvalue weighted by atomic mass is 9.91. The van der Waals surface area contributed by atoms with Crippen LogP contribution in [0.25, 0.3) is 21.2 Å². The molecule has 1 aliphatic rings. The Morgan fingerprint density at radius 2 is 2.21 bits per heavy atom. The van der Waals surface area contributed by atoms with Crippen LogP contribution < -0.4 is 10.1 Å². The maximum absolute atomic E-state index is 8.94. The predicted octanol–water partition coefficient (Wildman–Crippen LogP) is 2.81. The minimum atomic E-state index is -0.921. The quantitative estimate of drug-likeness (QED) is 0.374. The van der Waals surface area contributed by atoms with Crippen LogP contribution in [0.4, 0.5) is 0 Å². The SMILES string of the molecule is COC[C@@](C)(N=[N+]=[N-])c1cnc(OC2CNC2)c2cnc(Cl)cc12. The molecule has 3 rings (SSSR count). The van der Waals surface area contributed by atoms with E-state index in [1.807, 2.05) is 0 Å². The Hall–Kier alpha value is -2.12. The molecular formula is C15H17ClN6O2. The van der Waals surface area contributed by atoms with Crippen molar-refractivity contribution in [2.24, 2.45) is 5.11 Å². The Labute approximate surface area is 143 Å². The average molecular weight is 349 g/mol. The number of nitrogens with one attached hydrogen (secondary N) is 1. The number of azide groups is 1. The van der Waals surface area contributed by atoms with Crippen molar-refractivity contribution in [3.8, 4) is 5.88 Å². The standard InChI is InChI=1S/C15H17ClN6O2/c1-15(8-23-2,21-22-17)12-7-20-14(24-9-4-18-5-9)11-6-19-13(16)3-10(11)12/h3,6-7,9,18H,4-5,8H2,1-2H3/t15-/m1/s1. The molecule has 1 N–H and O–H groups in total. The molecule has 2 aromatic heterocycles. The smallest absolute Gasteiger partial charge is 0.223 e. The van der Waals surface area contributed by atoms with Crippen LogP contribution in [0.1, 0.15) is 12.5 Å². The van der Waals surface area contributed by atoms with Crippen LogP contribution in [-0.4, -0.2) is 42.9 Å². The Bertz CT molecular complexity index is 806. The van der Waals surface area contributed by atoms with Gasteiger partial charge in [-0.2, -0.15) is 0 Å². The number of fused-ring (bicyclic) bond motifs is 1. The van der Waals surface area contributed by atoms with E-state index in [1.54, 1.807) is 32.5 Å². The van der Waals surface area contributed by atoms with Crippen LogP contribution in [0.3, 0.4) is 0 Å². The van der Waals surface area contributed by atoms with Gasteiger partial charge in [-0.1, -0.05) is 16.7 Å². The number of methoxy groups -OCH3 is 1. The van der Waals surface area contributed by atoms with Gasteiger partial charge in [0.15, 0.2) is 0 Å². The molecule has 0 aromatic carbocycles. The number of rotatable bonds is 6. The van der Waals surface area contributed by atoms with Gasteiger partial charge in [0.25, 0.3) is 0 Å². The molecule has 1 atom stereocenters. The monoisotopic (exact) mass is 348 g/mol. The minimum Gasteiger partial charge on any atom is -0.471 e. The second-order valence-electron chi connectivity index (χ2n) is 5.82. The third-order valence-electron chi connectivity index (χ3n) is 4.00. The normalized spacial score (nSPS) is 17.0. The summed E-state index contributed by atoms with van der Waals surface area (Å²) in [6, 6.07) is 1.72. The van der Waals surface area contributed by atoms with Gasteiger partial charge in [0.05, 0.1) is 17.5 Å². The lowest BCUT2D eigenvalue weighted by molar-refractivity contribution is 0.136. The van der Waals surface area contributed by atoms with E-state index in [0.29, 0.717) is 16.6 Å². The fourth-order valence-electron chi connectivity index (χ4n) is 2.65. The van der Waals surface area contributed by atoms with Gasteiger partial charge in [-0.3, -0.25) is 0 Å².